The van der Waals surface area contributed by atoms with Gasteiger partial charge < -0.3 is 44.5 Å². The number of likely N-dealkylation sites (N-methyl/N-ethyl adjacent to an activating group) is 2. The molecular formula is C35H44N8O5. The maximum Gasteiger partial charge on any atom is 0.272 e. The lowest BCUT2D eigenvalue weighted by Gasteiger charge is -2.26. The molecule has 0 radical (unpaired) electrons. The number of aromatic nitrogens is 3. The lowest BCUT2D eigenvalue weighted by Crippen LogP contribution is -2.29. The van der Waals surface area contributed by atoms with Gasteiger partial charge in [-0.15, -0.1) is 0 Å². The Morgan fingerprint density at radius 2 is 1.67 bits per heavy atom. The van der Waals surface area contributed by atoms with Gasteiger partial charge in [0.2, 0.25) is 11.9 Å². The number of nitrogens with one attached hydrogen (secondary N) is 3. The van der Waals surface area contributed by atoms with Crippen LogP contribution in [0.5, 0.6) is 17.2 Å². The maximum absolute atomic E-state index is 13.8. The van der Waals surface area contributed by atoms with Crippen molar-refractivity contribution >= 4 is 51.5 Å². The van der Waals surface area contributed by atoms with Crippen molar-refractivity contribution in [1.29, 1.82) is 0 Å². The predicted octanol–water partition coefficient (Wildman–Crippen LogP) is 5.69. The molecule has 0 unspecified atom stereocenters. The van der Waals surface area contributed by atoms with Crippen molar-refractivity contribution in [2.24, 2.45) is 0 Å². The van der Waals surface area contributed by atoms with Crippen LogP contribution in [0, 0.1) is 0 Å². The molecule has 5 rings (SSSR count). The lowest BCUT2D eigenvalue weighted by atomic mass is 10.2. The molecule has 13 nitrogen and oxygen atoms in total. The molecule has 3 N–H and O–H groups in total. The summed E-state index contributed by atoms with van der Waals surface area (Å²) < 4.78 is 18.6. The number of amides is 2. The van der Waals surface area contributed by atoms with Crippen LogP contribution in [0.1, 0.15) is 42.2 Å². The first kappa shape index (κ1) is 34.0. The summed E-state index contributed by atoms with van der Waals surface area (Å²) in [5.41, 5.74) is 3.65. The fourth-order valence-corrected chi connectivity index (χ4v) is 5.91. The number of hydrogen-bond donors (Lipinski definition) is 3. The zero-order valence-electron chi connectivity index (χ0n) is 28.4. The molecule has 4 aromatic rings. The summed E-state index contributed by atoms with van der Waals surface area (Å²) in [6.07, 6.45) is 6.96. The average molecular weight is 657 g/mol. The Bertz CT molecular complexity index is 1800. The van der Waals surface area contributed by atoms with Gasteiger partial charge in [0.1, 0.15) is 17.1 Å². The summed E-state index contributed by atoms with van der Waals surface area (Å²) in [5.74, 6) is 1.36. The van der Waals surface area contributed by atoms with E-state index in [0.717, 1.165) is 49.8 Å². The quantitative estimate of drug-likeness (QED) is 0.145. The smallest absolute Gasteiger partial charge is 0.272 e. The van der Waals surface area contributed by atoms with Gasteiger partial charge in [-0.2, -0.15) is 4.98 Å². The molecule has 1 fully saturated rings. The molecule has 48 heavy (non-hydrogen) atoms. The molecule has 0 atom stereocenters. The minimum atomic E-state index is -0.334. The summed E-state index contributed by atoms with van der Waals surface area (Å²) in [7, 11) is 10.7. The lowest BCUT2D eigenvalue weighted by molar-refractivity contribution is -0.111. The summed E-state index contributed by atoms with van der Waals surface area (Å²) in [5, 5.41) is 9.97. The Kier molecular flexibility index (Phi) is 10.7. The van der Waals surface area contributed by atoms with E-state index in [1.54, 1.807) is 51.8 Å². The summed E-state index contributed by atoms with van der Waals surface area (Å²) in [6, 6.07) is 10.9. The van der Waals surface area contributed by atoms with E-state index in [1.165, 1.54) is 6.08 Å². The van der Waals surface area contributed by atoms with Crippen LogP contribution in [-0.2, 0) is 4.79 Å². The van der Waals surface area contributed by atoms with Crippen LogP contribution in [0.25, 0.3) is 11.0 Å². The molecule has 1 saturated carbocycles. The van der Waals surface area contributed by atoms with Gasteiger partial charge in [-0.3, -0.25) is 9.59 Å². The highest BCUT2D eigenvalue weighted by Gasteiger charge is 2.26. The first-order chi connectivity index (χ1) is 23.1. The first-order valence-electron chi connectivity index (χ1n) is 15.8. The minimum Gasteiger partial charge on any atom is -0.494 e. The Morgan fingerprint density at radius 3 is 2.33 bits per heavy atom. The van der Waals surface area contributed by atoms with Gasteiger partial charge >= 0.3 is 0 Å². The first-order valence-corrected chi connectivity index (χ1v) is 15.8. The second kappa shape index (κ2) is 15.1. The largest absolute Gasteiger partial charge is 0.494 e. The zero-order chi connectivity index (χ0) is 34.4. The van der Waals surface area contributed by atoms with E-state index in [2.05, 4.69) is 37.3 Å². The van der Waals surface area contributed by atoms with E-state index < -0.39 is 0 Å². The minimum absolute atomic E-state index is 0.114. The average Bonchev–Trinajstić information content (AvgIpc) is 3.75. The number of carbonyl (C=O) groups excluding carboxylic acids is 2. The SMILES string of the molecule is C=CC(=O)Nc1cc(Nc2ncc3cc(C(=O)Nc4ccc(OC)c(OC)c4)n(C4CCCC4)c3n2)c(OC)cc1N(C)CCN(C)C. The monoisotopic (exact) mass is 656 g/mol. The summed E-state index contributed by atoms with van der Waals surface area (Å²) >= 11 is 0. The second-order valence-electron chi connectivity index (χ2n) is 11.9. The number of rotatable bonds is 14. The molecule has 2 heterocycles. The summed E-state index contributed by atoms with van der Waals surface area (Å²) in [4.78, 5) is 39.8. The van der Waals surface area contributed by atoms with Gasteiger partial charge in [-0.1, -0.05) is 19.4 Å². The molecule has 0 saturated heterocycles. The van der Waals surface area contributed by atoms with Crippen LogP contribution in [0.3, 0.4) is 0 Å². The van der Waals surface area contributed by atoms with Crippen LogP contribution >= 0.6 is 0 Å². The predicted molar refractivity (Wildman–Crippen MR) is 189 cm³/mol. The van der Waals surface area contributed by atoms with Crippen molar-refractivity contribution < 1.29 is 23.8 Å². The molecular weight excluding hydrogens is 612 g/mol. The molecule has 13 heteroatoms. The number of anilines is 5. The van der Waals surface area contributed by atoms with Gasteiger partial charge in [0, 0.05) is 55.6 Å². The Labute approximate surface area is 280 Å². The van der Waals surface area contributed by atoms with E-state index in [9.17, 15) is 9.59 Å². The highest BCUT2D eigenvalue weighted by molar-refractivity contribution is 6.06. The Hall–Kier alpha value is -5.30. The number of fused-ring (bicyclic) bond motifs is 1. The van der Waals surface area contributed by atoms with Crippen LogP contribution in [-0.4, -0.2) is 86.8 Å². The van der Waals surface area contributed by atoms with Crippen molar-refractivity contribution in [3.05, 3.63) is 60.9 Å². The van der Waals surface area contributed by atoms with Gasteiger partial charge in [0.05, 0.1) is 38.4 Å². The molecule has 2 aromatic carbocycles. The highest BCUT2D eigenvalue weighted by Crippen LogP contribution is 2.39. The van der Waals surface area contributed by atoms with Crippen molar-refractivity contribution in [2.75, 3.05) is 76.4 Å². The number of methoxy groups -OCH3 is 3. The van der Waals surface area contributed by atoms with Crippen LogP contribution < -0.4 is 35.1 Å². The molecule has 0 spiro atoms. The van der Waals surface area contributed by atoms with Crippen molar-refractivity contribution in [1.82, 2.24) is 19.4 Å². The van der Waals surface area contributed by atoms with E-state index in [-0.39, 0.29) is 17.9 Å². The standard InChI is InChI=1S/C35H44N8O5/c1-8-32(44)38-25-19-26(30(47-6)20-27(25)42(4)16-15-41(2)3)39-35-36-21-22-17-28(43(33(22)40-35)24-11-9-10-12-24)34(45)37-23-13-14-29(46-5)31(18-23)48-7/h8,13-14,17-21,24H,1,9-12,15-16H2,2-7H3,(H,37,45)(H,38,44)(H,36,39,40). The third-order valence-corrected chi connectivity index (χ3v) is 8.44. The number of nitrogens with zero attached hydrogens (tertiary/aromatic N) is 5. The third-order valence-electron chi connectivity index (χ3n) is 8.44. The topological polar surface area (TPSA) is 135 Å². The van der Waals surface area contributed by atoms with E-state index in [1.807, 2.05) is 37.8 Å². The van der Waals surface area contributed by atoms with Crippen LogP contribution in [0.4, 0.5) is 28.7 Å². The van der Waals surface area contributed by atoms with Gasteiger partial charge in [-0.05, 0) is 57.3 Å². The van der Waals surface area contributed by atoms with E-state index >= 15 is 0 Å². The highest BCUT2D eigenvalue weighted by atomic mass is 16.5. The van der Waals surface area contributed by atoms with E-state index in [4.69, 9.17) is 19.2 Å². The third kappa shape index (κ3) is 7.46. The molecule has 2 amide bonds. The molecule has 2 aromatic heterocycles. The summed E-state index contributed by atoms with van der Waals surface area (Å²) in [6.45, 7) is 5.14. The van der Waals surface area contributed by atoms with Crippen molar-refractivity contribution in [3.63, 3.8) is 0 Å². The number of carbonyl (C=O) groups is 2. The zero-order valence-corrected chi connectivity index (χ0v) is 28.4. The van der Waals surface area contributed by atoms with Crippen molar-refractivity contribution in [2.45, 2.75) is 31.7 Å². The molecule has 254 valence electrons. The van der Waals surface area contributed by atoms with Gasteiger partial charge in [0.15, 0.2) is 11.5 Å². The van der Waals surface area contributed by atoms with Crippen LogP contribution in [0.15, 0.2) is 55.3 Å². The molecule has 0 bridgehead atoms. The molecule has 1 aliphatic rings. The second-order valence-corrected chi connectivity index (χ2v) is 11.9. The fourth-order valence-electron chi connectivity index (χ4n) is 5.91. The van der Waals surface area contributed by atoms with Gasteiger partial charge in [0.25, 0.3) is 5.91 Å². The number of ether oxygens (including phenoxy) is 3. The number of hydrogen-bond acceptors (Lipinski definition) is 10. The van der Waals surface area contributed by atoms with Gasteiger partial charge in [-0.25, -0.2) is 4.98 Å². The maximum atomic E-state index is 13.8. The Balaban J connectivity index is 1.51. The molecule has 1 aliphatic carbocycles. The number of benzene rings is 2. The molecule has 0 aliphatic heterocycles. The van der Waals surface area contributed by atoms with Crippen LogP contribution in [0.2, 0.25) is 0 Å². The van der Waals surface area contributed by atoms with E-state index in [0.29, 0.717) is 51.6 Å². The fraction of sp³-hybridized carbons (Fsp3) is 0.371. The Morgan fingerprint density at radius 1 is 0.938 bits per heavy atom. The normalized spacial score (nSPS) is 13.0. The van der Waals surface area contributed by atoms with Crippen molar-refractivity contribution in [3.8, 4) is 17.2 Å².